The number of hydrogen-bond donors (Lipinski definition) is 0. The zero-order valence-electron chi connectivity index (χ0n) is 21.6. The number of pyridine rings is 1. The summed E-state index contributed by atoms with van der Waals surface area (Å²) in [6.45, 7) is 0. The highest BCUT2D eigenvalue weighted by Gasteiger charge is 2.23. The van der Waals surface area contributed by atoms with E-state index in [9.17, 15) is 0 Å². The number of fused-ring (bicyclic) bond motifs is 3. The van der Waals surface area contributed by atoms with Crippen molar-refractivity contribution in [2.24, 2.45) is 0 Å². The molecule has 0 saturated carbocycles. The maximum Gasteiger partial charge on any atom is 0.160 e. The minimum Gasteiger partial charge on any atom is -0.265 e. The standard InChI is InChI=1S/C37H23N3/c1-2-8-25(9-3-1)34-23-35(40-37(39-34)27-11-6-10-26(22-27)24-18-20-38-21-19-24)30-16-17-33-29-13-5-4-12-28(29)31-14-7-15-32(30)36(31)33/h1-23H. The van der Waals surface area contributed by atoms with Gasteiger partial charge in [-0.2, -0.15) is 0 Å². The molecular weight excluding hydrogens is 486 g/mol. The third-order valence-electron chi connectivity index (χ3n) is 7.75. The molecule has 0 spiro atoms. The van der Waals surface area contributed by atoms with Gasteiger partial charge < -0.3 is 0 Å². The Labute approximate surface area is 232 Å². The van der Waals surface area contributed by atoms with Crippen molar-refractivity contribution in [1.82, 2.24) is 15.0 Å². The largest absolute Gasteiger partial charge is 0.265 e. The molecule has 1 aliphatic rings. The fourth-order valence-electron chi connectivity index (χ4n) is 5.89. The average molecular weight is 510 g/mol. The predicted octanol–water partition coefficient (Wildman–Crippen LogP) is 9.34. The van der Waals surface area contributed by atoms with E-state index in [1.807, 2.05) is 30.6 Å². The maximum atomic E-state index is 5.19. The Hall–Kier alpha value is -5.41. The molecule has 2 aromatic heterocycles. The van der Waals surface area contributed by atoms with Gasteiger partial charge in [0.1, 0.15) is 0 Å². The van der Waals surface area contributed by atoms with Crippen LogP contribution in [0.25, 0.3) is 78.1 Å². The Morgan fingerprint density at radius 1 is 0.375 bits per heavy atom. The van der Waals surface area contributed by atoms with Gasteiger partial charge in [0, 0.05) is 29.1 Å². The van der Waals surface area contributed by atoms with E-state index in [1.54, 1.807) is 0 Å². The van der Waals surface area contributed by atoms with Crippen LogP contribution in [0.15, 0.2) is 140 Å². The maximum absolute atomic E-state index is 5.19. The van der Waals surface area contributed by atoms with Crippen LogP contribution >= 0.6 is 0 Å². The van der Waals surface area contributed by atoms with Crippen LogP contribution in [0.4, 0.5) is 0 Å². The van der Waals surface area contributed by atoms with E-state index < -0.39 is 0 Å². The summed E-state index contributed by atoms with van der Waals surface area (Å²) in [5.74, 6) is 0.707. The summed E-state index contributed by atoms with van der Waals surface area (Å²) in [5.41, 5.74) is 12.4. The summed E-state index contributed by atoms with van der Waals surface area (Å²) in [4.78, 5) is 14.4. The van der Waals surface area contributed by atoms with Crippen LogP contribution in [-0.4, -0.2) is 15.0 Å². The van der Waals surface area contributed by atoms with Gasteiger partial charge in [-0.1, -0.05) is 103 Å². The Morgan fingerprint density at radius 2 is 1.00 bits per heavy atom. The topological polar surface area (TPSA) is 38.7 Å². The lowest BCUT2D eigenvalue weighted by Gasteiger charge is -2.13. The molecule has 0 N–H and O–H groups in total. The lowest BCUT2D eigenvalue weighted by Crippen LogP contribution is -1.97. The van der Waals surface area contributed by atoms with Crippen LogP contribution in [0.3, 0.4) is 0 Å². The molecule has 0 bridgehead atoms. The van der Waals surface area contributed by atoms with Crippen molar-refractivity contribution in [3.63, 3.8) is 0 Å². The molecule has 2 heterocycles. The first-order valence-corrected chi connectivity index (χ1v) is 13.4. The molecule has 0 atom stereocenters. The van der Waals surface area contributed by atoms with Crippen LogP contribution in [0.2, 0.25) is 0 Å². The molecule has 7 aromatic rings. The highest BCUT2D eigenvalue weighted by molar-refractivity contribution is 6.18. The molecule has 3 heteroatoms. The number of benzene rings is 5. The molecule has 0 amide bonds. The summed E-state index contributed by atoms with van der Waals surface area (Å²) < 4.78 is 0. The quantitative estimate of drug-likeness (QED) is 0.237. The second-order valence-electron chi connectivity index (χ2n) is 10.1. The van der Waals surface area contributed by atoms with Crippen LogP contribution in [0, 0.1) is 0 Å². The van der Waals surface area contributed by atoms with Gasteiger partial charge >= 0.3 is 0 Å². The summed E-state index contributed by atoms with van der Waals surface area (Å²) in [5, 5.41) is 2.50. The van der Waals surface area contributed by atoms with Gasteiger partial charge in [-0.05, 0) is 68.4 Å². The summed E-state index contributed by atoms with van der Waals surface area (Å²) in [6.07, 6.45) is 3.64. The van der Waals surface area contributed by atoms with Gasteiger partial charge in [0.2, 0.25) is 0 Å². The van der Waals surface area contributed by atoms with Crippen LogP contribution in [0.1, 0.15) is 0 Å². The first-order valence-electron chi connectivity index (χ1n) is 13.4. The second kappa shape index (κ2) is 9.11. The van der Waals surface area contributed by atoms with Crippen molar-refractivity contribution in [1.29, 1.82) is 0 Å². The van der Waals surface area contributed by atoms with E-state index in [1.165, 1.54) is 33.0 Å². The van der Waals surface area contributed by atoms with Crippen molar-refractivity contribution in [3.05, 3.63) is 140 Å². The SMILES string of the molecule is c1ccc(-c2cc(-c3ccc4c5c(cccc35)-c3ccccc3-4)nc(-c3cccc(-c4ccncc4)c3)n2)cc1. The first-order chi connectivity index (χ1) is 19.8. The van der Waals surface area contributed by atoms with E-state index in [4.69, 9.17) is 9.97 Å². The van der Waals surface area contributed by atoms with E-state index in [-0.39, 0.29) is 0 Å². The van der Waals surface area contributed by atoms with E-state index in [2.05, 4.69) is 114 Å². The van der Waals surface area contributed by atoms with Crippen molar-refractivity contribution >= 4 is 10.8 Å². The molecule has 0 aliphatic heterocycles. The minimum atomic E-state index is 0.707. The lowest BCUT2D eigenvalue weighted by molar-refractivity contribution is 1.18. The summed E-state index contributed by atoms with van der Waals surface area (Å²) in [7, 11) is 0. The molecule has 8 rings (SSSR count). The summed E-state index contributed by atoms with van der Waals surface area (Å²) >= 11 is 0. The van der Waals surface area contributed by atoms with Crippen LogP contribution in [0.5, 0.6) is 0 Å². The number of hydrogen-bond acceptors (Lipinski definition) is 3. The molecule has 3 nitrogen and oxygen atoms in total. The van der Waals surface area contributed by atoms with Gasteiger partial charge in [-0.25, -0.2) is 9.97 Å². The van der Waals surface area contributed by atoms with Crippen LogP contribution < -0.4 is 0 Å². The molecule has 5 aromatic carbocycles. The van der Waals surface area contributed by atoms with Gasteiger partial charge in [0.05, 0.1) is 11.4 Å². The van der Waals surface area contributed by atoms with Crippen molar-refractivity contribution in [2.45, 2.75) is 0 Å². The molecule has 0 fully saturated rings. The predicted molar refractivity (Wildman–Crippen MR) is 164 cm³/mol. The highest BCUT2D eigenvalue weighted by atomic mass is 14.9. The molecule has 0 saturated heterocycles. The number of aromatic nitrogens is 3. The minimum absolute atomic E-state index is 0.707. The zero-order chi connectivity index (χ0) is 26.5. The zero-order valence-corrected chi connectivity index (χ0v) is 21.6. The average Bonchev–Trinajstić information content (AvgIpc) is 3.37. The van der Waals surface area contributed by atoms with E-state index in [0.29, 0.717) is 5.82 Å². The van der Waals surface area contributed by atoms with Crippen molar-refractivity contribution < 1.29 is 0 Å². The van der Waals surface area contributed by atoms with E-state index in [0.717, 1.165) is 39.2 Å². The van der Waals surface area contributed by atoms with E-state index >= 15 is 0 Å². The second-order valence-corrected chi connectivity index (χ2v) is 10.1. The first kappa shape index (κ1) is 22.6. The fraction of sp³-hybridized carbons (Fsp3) is 0. The molecular formula is C37H23N3. The normalized spacial score (nSPS) is 11.5. The van der Waals surface area contributed by atoms with Gasteiger partial charge in [-0.15, -0.1) is 0 Å². The third-order valence-corrected chi connectivity index (χ3v) is 7.75. The lowest BCUT2D eigenvalue weighted by atomic mass is 9.96. The smallest absolute Gasteiger partial charge is 0.160 e. The molecule has 1 aliphatic carbocycles. The van der Waals surface area contributed by atoms with Gasteiger partial charge in [-0.3, -0.25) is 4.98 Å². The number of nitrogens with zero attached hydrogens (tertiary/aromatic N) is 3. The molecule has 0 unspecified atom stereocenters. The third kappa shape index (κ3) is 3.63. The van der Waals surface area contributed by atoms with Gasteiger partial charge in [0.15, 0.2) is 5.82 Å². The molecule has 0 radical (unpaired) electrons. The van der Waals surface area contributed by atoms with Gasteiger partial charge in [0.25, 0.3) is 0 Å². The summed E-state index contributed by atoms with van der Waals surface area (Å²) in [6, 6.07) is 44.7. The van der Waals surface area contributed by atoms with Crippen molar-refractivity contribution in [2.75, 3.05) is 0 Å². The fourth-order valence-corrected chi connectivity index (χ4v) is 5.89. The Morgan fingerprint density at radius 3 is 1.82 bits per heavy atom. The number of rotatable bonds is 4. The Kier molecular flexibility index (Phi) is 5.14. The highest BCUT2D eigenvalue weighted by Crippen LogP contribution is 2.49. The Balaban J connectivity index is 1.35. The molecule has 186 valence electrons. The Bertz CT molecular complexity index is 2020. The monoisotopic (exact) mass is 509 g/mol. The van der Waals surface area contributed by atoms with Crippen molar-refractivity contribution in [3.8, 4) is 67.3 Å². The molecule has 40 heavy (non-hydrogen) atoms. The van der Waals surface area contributed by atoms with Crippen LogP contribution in [-0.2, 0) is 0 Å².